The lowest BCUT2D eigenvalue weighted by Crippen LogP contribution is -2.03. The fourth-order valence-corrected chi connectivity index (χ4v) is 1.26. The summed E-state index contributed by atoms with van der Waals surface area (Å²) < 4.78 is 5.71. The van der Waals surface area contributed by atoms with Gasteiger partial charge in [-0.15, -0.1) is 0 Å². The number of pyridine rings is 1. The van der Waals surface area contributed by atoms with E-state index < -0.39 is 0 Å². The van der Waals surface area contributed by atoms with Crippen LogP contribution in [0.25, 0.3) is 0 Å². The molecule has 1 aliphatic rings. The lowest BCUT2D eigenvalue weighted by Gasteiger charge is -2.10. The van der Waals surface area contributed by atoms with E-state index in [1.165, 1.54) is 0 Å². The number of anilines is 1. The van der Waals surface area contributed by atoms with E-state index in [1.54, 1.807) is 6.20 Å². The van der Waals surface area contributed by atoms with Gasteiger partial charge in [0, 0.05) is 11.8 Å². The number of hydrogen-bond acceptors (Lipinski definition) is 3. The van der Waals surface area contributed by atoms with Crippen LogP contribution in [0.4, 0.5) is 5.69 Å². The van der Waals surface area contributed by atoms with Gasteiger partial charge in [-0.05, 0) is 19.3 Å². The van der Waals surface area contributed by atoms with Crippen LogP contribution in [0.15, 0.2) is 12.4 Å². The van der Waals surface area contributed by atoms with E-state index in [1.807, 2.05) is 6.20 Å². The Balaban J connectivity index is 2.27. The summed E-state index contributed by atoms with van der Waals surface area (Å²) in [5.74, 6) is 0.847. The first-order valence-corrected chi connectivity index (χ1v) is 4.70. The number of hydrogen-bond donors (Lipinski definition) is 1. The first-order valence-electron chi connectivity index (χ1n) is 4.70. The molecule has 0 bridgehead atoms. The molecule has 3 nitrogen and oxygen atoms in total. The van der Waals surface area contributed by atoms with Crippen molar-refractivity contribution in [3.8, 4) is 5.75 Å². The van der Waals surface area contributed by atoms with Crippen LogP contribution >= 0.6 is 0 Å². The molecule has 2 rings (SSSR count). The Bertz CT molecular complexity index is 308. The molecule has 0 aromatic carbocycles. The van der Waals surface area contributed by atoms with Gasteiger partial charge in [-0.1, -0.05) is 6.92 Å². The van der Waals surface area contributed by atoms with Crippen molar-refractivity contribution < 1.29 is 4.74 Å². The molecule has 0 saturated heterocycles. The molecular weight excluding hydrogens is 164 g/mol. The Kier molecular flexibility index (Phi) is 2.08. The second-order valence-corrected chi connectivity index (χ2v) is 3.39. The second kappa shape index (κ2) is 3.24. The normalized spacial score (nSPS) is 15.8. The third-order valence-corrected chi connectivity index (χ3v) is 2.19. The number of nitrogens with zero attached hydrogens (tertiary/aromatic N) is 1. The first-order chi connectivity index (χ1) is 6.31. The molecule has 1 heterocycles. The third kappa shape index (κ3) is 1.74. The molecule has 1 aromatic heterocycles. The quantitative estimate of drug-likeness (QED) is 0.767. The fraction of sp³-hybridized carbons (Fsp3) is 0.500. The Morgan fingerprint density at radius 3 is 2.92 bits per heavy atom. The summed E-state index contributed by atoms with van der Waals surface area (Å²) in [6.07, 6.45) is 7.11. The van der Waals surface area contributed by atoms with Crippen molar-refractivity contribution in [2.45, 2.75) is 32.3 Å². The summed E-state index contributed by atoms with van der Waals surface area (Å²) in [5.41, 5.74) is 7.55. The van der Waals surface area contributed by atoms with Crippen LogP contribution in [-0.2, 0) is 6.42 Å². The van der Waals surface area contributed by atoms with E-state index in [4.69, 9.17) is 10.5 Å². The minimum absolute atomic E-state index is 0.398. The van der Waals surface area contributed by atoms with Gasteiger partial charge in [0.15, 0.2) is 0 Å². The van der Waals surface area contributed by atoms with Crippen molar-refractivity contribution in [2.75, 3.05) is 5.73 Å². The number of rotatable bonds is 3. The highest BCUT2D eigenvalue weighted by molar-refractivity contribution is 5.54. The summed E-state index contributed by atoms with van der Waals surface area (Å²) >= 11 is 0. The predicted molar refractivity (Wildman–Crippen MR) is 51.7 cm³/mol. The highest BCUT2D eigenvalue weighted by Crippen LogP contribution is 2.32. The Labute approximate surface area is 77.9 Å². The highest BCUT2D eigenvalue weighted by atomic mass is 16.5. The van der Waals surface area contributed by atoms with Gasteiger partial charge in [0.1, 0.15) is 5.75 Å². The molecule has 70 valence electrons. The van der Waals surface area contributed by atoms with Gasteiger partial charge in [-0.25, -0.2) is 0 Å². The fourth-order valence-electron chi connectivity index (χ4n) is 1.26. The van der Waals surface area contributed by atoms with Gasteiger partial charge in [-0.2, -0.15) is 0 Å². The summed E-state index contributed by atoms with van der Waals surface area (Å²) in [5, 5.41) is 0. The summed E-state index contributed by atoms with van der Waals surface area (Å²) in [6.45, 7) is 2.08. The number of nitrogens with two attached hydrogens (primary N) is 1. The monoisotopic (exact) mass is 178 g/mol. The minimum Gasteiger partial charge on any atom is -0.488 e. The Morgan fingerprint density at radius 2 is 2.31 bits per heavy atom. The van der Waals surface area contributed by atoms with E-state index in [0.717, 1.165) is 30.6 Å². The average Bonchev–Trinajstić information content (AvgIpc) is 2.92. The topological polar surface area (TPSA) is 48.1 Å². The van der Waals surface area contributed by atoms with Gasteiger partial charge < -0.3 is 10.5 Å². The molecule has 1 aromatic rings. The van der Waals surface area contributed by atoms with Gasteiger partial charge in [-0.3, -0.25) is 4.98 Å². The van der Waals surface area contributed by atoms with Gasteiger partial charge >= 0.3 is 0 Å². The van der Waals surface area contributed by atoms with Gasteiger partial charge in [0.2, 0.25) is 0 Å². The molecule has 2 N–H and O–H groups in total. The summed E-state index contributed by atoms with van der Waals surface area (Å²) in [6, 6.07) is 0. The molecule has 3 heteroatoms. The second-order valence-electron chi connectivity index (χ2n) is 3.39. The SMILES string of the molecule is CCc1cncc(N)c1OC1CC1. The largest absolute Gasteiger partial charge is 0.488 e. The molecule has 0 unspecified atom stereocenters. The lowest BCUT2D eigenvalue weighted by molar-refractivity contribution is 0.301. The van der Waals surface area contributed by atoms with Crippen LogP contribution < -0.4 is 10.5 Å². The van der Waals surface area contributed by atoms with Crippen LogP contribution in [-0.4, -0.2) is 11.1 Å². The number of aryl methyl sites for hydroxylation is 1. The molecule has 0 aliphatic heterocycles. The van der Waals surface area contributed by atoms with Crippen LogP contribution in [0.5, 0.6) is 5.75 Å². The maximum atomic E-state index is 5.79. The number of aromatic nitrogens is 1. The molecule has 1 saturated carbocycles. The molecule has 13 heavy (non-hydrogen) atoms. The smallest absolute Gasteiger partial charge is 0.148 e. The van der Waals surface area contributed by atoms with Crippen LogP contribution in [0.1, 0.15) is 25.3 Å². The van der Waals surface area contributed by atoms with Crippen molar-refractivity contribution in [2.24, 2.45) is 0 Å². The molecule has 0 radical (unpaired) electrons. The van der Waals surface area contributed by atoms with E-state index >= 15 is 0 Å². The molecule has 0 amide bonds. The van der Waals surface area contributed by atoms with E-state index in [0.29, 0.717) is 11.8 Å². The summed E-state index contributed by atoms with van der Waals surface area (Å²) in [4.78, 5) is 4.04. The van der Waals surface area contributed by atoms with E-state index in [-0.39, 0.29) is 0 Å². The van der Waals surface area contributed by atoms with Gasteiger partial charge in [0.05, 0.1) is 18.0 Å². The van der Waals surface area contributed by atoms with E-state index in [2.05, 4.69) is 11.9 Å². The first kappa shape index (κ1) is 8.35. The minimum atomic E-state index is 0.398. The van der Waals surface area contributed by atoms with Crippen molar-refractivity contribution in [1.29, 1.82) is 0 Å². The predicted octanol–water partition coefficient (Wildman–Crippen LogP) is 1.77. The van der Waals surface area contributed by atoms with Gasteiger partial charge in [0.25, 0.3) is 0 Å². The Morgan fingerprint density at radius 1 is 1.54 bits per heavy atom. The molecule has 0 atom stereocenters. The van der Waals surface area contributed by atoms with E-state index in [9.17, 15) is 0 Å². The van der Waals surface area contributed by atoms with Crippen LogP contribution in [0.2, 0.25) is 0 Å². The Hall–Kier alpha value is -1.25. The molecular formula is C10H14N2O. The van der Waals surface area contributed by atoms with Crippen LogP contribution in [0, 0.1) is 0 Å². The molecule has 1 aliphatic carbocycles. The lowest BCUT2D eigenvalue weighted by atomic mass is 10.2. The molecule has 0 spiro atoms. The van der Waals surface area contributed by atoms with Crippen molar-refractivity contribution >= 4 is 5.69 Å². The average molecular weight is 178 g/mol. The summed E-state index contributed by atoms with van der Waals surface area (Å²) in [7, 11) is 0. The zero-order valence-corrected chi connectivity index (χ0v) is 7.79. The number of ether oxygens (including phenoxy) is 1. The maximum Gasteiger partial charge on any atom is 0.148 e. The van der Waals surface area contributed by atoms with Crippen molar-refractivity contribution in [3.05, 3.63) is 18.0 Å². The highest BCUT2D eigenvalue weighted by Gasteiger charge is 2.25. The molecule has 1 fully saturated rings. The zero-order chi connectivity index (χ0) is 9.26. The zero-order valence-electron chi connectivity index (χ0n) is 7.79. The standard InChI is InChI=1S/C10H14N2O/c1-2-7-5-12-6-9(11)10(7)13-8-3-4-8/h5-6,8H,2-4,11H2,1H3. The van der Waals surface area contributed by atoms with Crippen molar-refractivity contribution in [1.82, 2.24) is 4.98 Å². The van der Waals surface area contributed by atoms with Crippen LogP contribution in [0.3, 0.4) is 0 Å². The van der Waals surface area contributed by atoms with Crippen molar-refractivity contribution in [3.63, 3.8) is 0 Å². The number of nitrogen functional groups attached to an aromatic ring is 1. The third-order valence-electron chi connectivity index (χ3n) is 2.19. The maximum absolute atomic E-state index is 5.79.